The fourth-order valence-electron chi connectivity index (χ4n) is 2.22. The standard InChI is InChI=1S/C17H11F4N3O3S/c18-10-8-11(19)14(21)15(13(10)20)22-12(25)6-7-28-16-17(26)27-23-24(16)9-4-2-1-3-5-9/h1-5,8H,6-7H2,(H-,22,23,25,26). The first-order valence-electron chi connectivity index (χ1n) is 7.78. The van der Waals surface area contributed by atoms with Crippen LogP contribution in [0, 0.1) is 23.3 Å². The minimum Gasteiger partial charge on any atom is -0.538 e. The normalized spacial score (nSPS) is 10.9. The molecule has 1 amide bonds. The zero-order valence-corrected chi connectivity index (χ0v) is 14.7. The molecule has 0 aliphatic carbocycles. The van der Waals surface area contributed by atoms with E-state index in [0.29, 0.717) is 5.69 Å². The van der Waals surface area contributed by atoms with Gasteiger partial charge in [-0.15, -0.1) is 0 Å². The van der Waals surface area contributed by atoms with Crippen molar-refractivity contribution in [3.63, 3.8) is 0 Å². The first kappa shape index (κ1) is 19.7. The van der Waals surface area contributed by atoms with Crippen molar-refractivity contribution >= 4 is 23.4 Å². The van der Waals surface area contributed by atoms with Crippen molar-refractivity contribution in [3.05, 3.63) is 59.7 Å². The lowest BCUT2D eigenvalue weighted by Gasteiger charge is -2.08. The fourth-order valence-corrected chi connectivity index (χ4v) is 3.12. The molecule has 1 aromatic heterocycles. The van der Waals surface area contributed by atoms with Crippen molar-refractivity contribution in [1.29, 1.82) is 0 Å². The maximum atomic E-state index is 13.6. The Bertz CT molecular complexity index is 988. The minimum absolute atomic E-state index is 0.0101. The molecule has 6 nitrogen and oxygen atoms in total. The van der Waals surface area contributed by atoms with Crippen molar-refractivity contribution in [2.45, 2.75) is 11.4 Å². The van der Waals surface area contributed by atoms with Crippen LogP contribution in [0.3, 0.4) is 0 Å². The van der Waals surface area contributed by atoms with Gasteiger partial charge in [0.2, 0.25) is 11.6 Å². The molecule has 11 heteroatoms. The Kier molecular flexibility index (Phi) is 5.83. The summed E-state index contributed by atoms with van der Waals surface area (Å²) in [5.41, 5.74) is -0.652. The molecule has 1 N–H and O–H groups in total. The van der Waals surface area contributed by atoms with Gasteiger partial charge in [0.25, 0.3) is 5.03 Å². The summed E-state index contributed by atoms with van der Waals surface area (Å²) in [4.78, 5) is 11.9. The number of aromatic nitrogens is 2. The maximum Gasteiger partial charge on any atom is 0.297 e. The first-order chi connectivity index (χ1) is 13.4. The Morgan fingerprint density at radius 1 is 1.14 bits per heavy atom. The molecule has 0 spiro atoms. The van der Waals surface area contributed by atoms with E-state index in [1.54, 1.807) is 35.6 Å². The van der Waals surface area contributed by atoms with E-state index in [1.807, 2.05) is 0 Å². The summed E-state index contributed by atoms with van der Waals surface area (Å²) in [7, 11) is 0. The van der Waals surface area contributed by atoms with Gasteiger partial charge in [0.05, 0.1) is 5.27 Å². The fraction of sp³-hybridized carbons (Fsp3) is 0.118. The van der Waals surface area contributed by atoms with Gasteiger partial charge in [-0.3, -0.25) is 4.79 Å². The van der Waals surface area contributed by atoms with Gasteiger partial charge in [-0.2, -0.15) is 0 Å². The highest BCUT2D eigenvalue weighted by atomic mass is 32.2. The zero-order chi connectivity index (χ0) is 20.3. The average molecular weight is 413 g/mol. The van der Waals surface area contributed by atoms with Gasteiger partial charge in [-0.05, 0) is 4.68 Å². The van der Waals surface area contributed by atoms with Gasteiger partial charge in [0, 0.05) is 30.4 Å². The number of nitrogens with zero attached hydrogens (tertiary/aromatic N) is 2. The van der Waals surface area contributed by atoms with Gasteiger partial charge in [-0.1, -0.05) is 30.0 Å². The van der Waals surface area contributed by atoms with Crippen LogP contribution in [0.15, 0.2) is 45.9 Å². The summed E-state index contributed by atoms with van der Waals surface area (Å²) in [5.74, 6) is -8.29. The van der Waals surface area contributed by atoms with Crippen LogP contribution in [0.1, 0.15) is 6.42 Å². The molecule has 0 fully saturated rings. The summed E-state index contributed by atoms with van der Waals surface area (Å²) in [5, 5.41) is 17.3. The molecule has 1 heterocycles. The number of carbonyl (C=O) groups excluding carboxylic acids is 1. The summed E-state index contributed by atoms with van der Waals surface area (Å²) >= 11 is 0.926. The van der Waals surface area contributed by atoms with Crippen LogP contribution in [-0.2, 0) is 4.79 Å². The molecule has 3 rings (SSSR count). The van der Waals surface area contributed by atoms with Gasteiger partial charge in [0.1, 0.15) is 5.69 Å². The second-order valence-electron chi connectivity index (χ2n) is 5.40. The highest BCUT2D eigenvalue weighted by Crippen LogP contribution is 2.26. The van der Waals surface area contributed by atoms with E-state index < -0.39 is 40.8 Å². The number of rotatable bonds is 6. The quantitative estimate of drug-likeness (QED) is 0.291. The van der Waals surface area contributed by atoms with Gasteiger partial charge >= 0.3 is 0 Å². The molecule has 2 aromatic carbocycles. The smallest absolute Gasteiger partial charge is 0.297 e. The van der Waals surface area contributed by atoms with Crippen LogP contribution >= 0.6 is 11.8 Å². The maximum absolute atomic E-state index is 13.6. The molecule has 0 aliphatic rings. The second-order valence-corrected chi connectivity index (χ2v) is 6.49. The number of nitrogens with one attached hydrogen (secondary N) is 1. The van der Waals surface area contributed by atoms with E-state index in [-0.39, 0.29) is 23.3 Å². The largest absolute Gasteiger partial charge is 0.538 e. The van der Waals surface area contributed by atoms with Crippen LogP contribution in [0.2, 0.25) is 0 Å². The Morgan fingerprint density at radius 2 is 1.79 bits per heavy atom. The number of hydrogen-bond donors (Lipinski definition) is 1. The number of benzene rings is 2. The lowest BCUT2D eigenvalue weighted by molar-refractivity contribution is -0.705. The van der Waals surface area contributed by atoms with Crippen LogP contribution in [0.4, 0.5) is 23.2 Å². The van der Waals surface area contributed by atoms with E-state index in [0.717, 1.165) is 11.8 Å². The summed E-state index contributed by atoms with van der Waals surface area (Å²) in [6.45, 7) is 0. The number of carbonyl (C=O) groups is 1. The zero-order valence-electron chi connectivity index (χ0n) is 13.9. The third kappa shape index (κ3) is 4.09. The van der Waals surface area contributed by atoms with E-state index in [4.69, 9.17) is 0 Å². The van der Waals surface area contributed by atoms with E-state index in [9.17, 15) is 27.5 Å². The molecule has 0 atom stereocenters. The summed E-state index contributed by atoms with van der Waals surface area (Å²) in [6.07, 6.45) is -0.304. The molecule has 28 heavy (non-hydrogen) atoms. The number of hydrogen-bond acceptors (Lipinski definition) is 5. The number of anilines is 1. The Hall–Kier alpha value is -3.08. The number of thioether (sulfide) groups is 1. The Morgan fingerprint density at radius 3 is 2.43 bits per heavy atom. The average Bonchev–Trinajstić information content (AvgIpc) is 3.05. The first-order valence-corrected chi connectivity index (χ1v) is 8.77. The van der Waals surface area contributed by atoms with Crippen LogP contribution in [-0.4, -0.2) is 16.9 Å². The van der Waals surface area contributed by atoms with Crippen LogP contribution in [0.25, 0.3) is 5.69 Å². The summed E-state index contributed by atoms with van der Waals surface area (Å²) < 4.78 is 59.3. The predicted molar refractivity (Wildman–Crippen MR) is 87.7 cm³/mol. The molecule has 0 unspecified atom stereocenters. The highest BCUT2D eigenvalue weighted by Gasteiger charge is 2.23. The molecule has 0 aliphatic heterocycles. The number of halogens is 4. The van der Waals surface area contributed by atoms with Crippen molar-refractivity contribution < 1.29 is 36.7 Å². The third-order valence-corrected chi connectivity index (χ3v) is 4.54. The monoisotopic (exact) mass is 413 g/mol. The van der Waals surface area contributed by atoms with Crippen molar-refractivity contribution in [1.82, 2.24) is 5.27 Å². The highest BCUT2D eigenvalue weighted by molar-refractivity contribution is 7.99. The van der Waals surface area contributed by atoms with Crippen molar-refractivity contribution in [3.8, 4) is 11.6 Å². The topological polar surface area (TPSA) is 82.1 Å². The SMILES string of the molecule is O=C(CCSc1c([O-])on[n+]1-c1ccccc1)Nc1c(F)c(F)cc(F)c1F. The molecule has 3 aromatic rings. The van der Waals surface area contributed by atoms with E-state index in [2.05, 4.69) is 9.79 Å². The molecule has 0 saturated heterocycles. The van der Waals surface area contributed by atoms with Crippen molar-refractivity contribution in [2.24, 2.45) is 0 Å². The van der Waals surface area contributed by atoms with Gasteiger partial charge in [-0.25, -0.2) is 17.6 Å². The predicted octanol–water partition coefficient (Wildman–Crippen LogP) is 2.70. The van der Waals surface area contributed by atoms with E-state index in [1.165, 1.54) is 4.68 Å². The van der Waals surface area contributed by atoms with Gasteiger partial charge < -0.3 is 14.9 Å². The lowest BCUT2D eigenvalue weighted by Crippen LogP contribution is -2.34. The summed E-state index contributed by atoms with van der Waals surface area (Å²) in [6, 6.07) is 8.63. The Balaban J connectivity index is 1.66. The molecule has 0 saturated carbocycles. The number of amides is 1. The van der Waals surface area contributed by atoms with Crippen LogP contribution in [0.5, 0.6) is 5.95 Å². The van der Waals surface area contributed by atoms with Gasteiger partial charge in [0.15, 0.2) is 29.2 Å². The van der Waals surface area contributed by atoms with Crippen LogP contribution < -0.4 is 15.1 Å². The van der Waals surface area contributed by atoms with Crippen molar-refractivity contribution in [2.75, 3.05) is 11.1 Å². The molecular formula is C17H11F4N3O3S. The third-order valence-electron chi connectivity index (χ3n) is 3.52. The molecular weight excluding hydrogens is 402 g/mol. The lowest BCUT2D eigenvalue weighted by atomic mass is 10.2. The minimum atomic E-state index is -1.71. The Labute approximate surface area is 159 Å². The molecule has 0 radical (unpaired) electrons. The second kappa shape index (κ2) is 8.30. The molecule has 0 bridgehead atoms. The van der Waals surface area contributed by atoms with E-state index >= 15 is 0 Å². The molecule has 146 valence electrons. The number of para-hydroxylation sites is 1.